The number of aliphatic hydroxyl groups is 1. The fraction of sp³-hybridized carbons (Fsp3) is 0.389. The van der Waals surface area contributed by atoms with Gasteiger partial charge in [-0.15, -0.1) is 0 Å². The first-order chi connectivity index (χ1) is 12.1. The minimum atomic E-state index is -1.36. The van der Waals surface area contributed by atoms with Crippen LogP contribution in [-0.2, 0) is 5.60 Å². The Bertz CT molecular complexity index is 1030. The average molecular weight is 377 g/mol. The molecule has 1 fully saturated rings. The van der Waals surface area contributed by atoms with E-state index in [9.17, 15) is 24.9 Å². The highest BCUT2D eigenvalue weighted by Crippen LogP contribution is 2.61. The van der Waals surface area contributed by atoms with Crippen LogP contribution in [0.5, 0.6) is 5.75 Å². The summed E-state index contributed by atoms with van der Waals surface area (Å²) in [4.78, 5) is 27.9. The number of rotatable bonds is 1. The van der Waals surface area contributed by atoms with E-state index in [0.29, 0.717) is 24.1 Å². The van der Waals surface area contributed by atoms with Crippen molar-refractivity contribution in [3.63, 3.8) is 0 Å². The number of aromatic hydroxyl groups is 1. The van der Waals surface area contributed by atoms with Gasteiger partial charge in [0.1, 0.15) is 11.2 Å². The number of carbonyl (C=O) groups is 1. The van der Waals surface area contributed by atoms with Crippen molar-refractivity contribution in [2.45, 2.75) is 38.3 Å². The number of aromatic nitrogens is 2. The molecule has 2 aliphatic rings. The predicted molar refractivity (Wildman–Crippen MR) is 93.5 cm³/mol. The standard InChI is InChI=1S/C18H17ClN2O5/c1-17(2)3-4-18(26)9-5-12(23)14(19)20-13(9)10-6-11(22)8(15(24)25)7-21(10)16(17)18/h5-7,16,23,26H,3-4H2,1-2H3,(H,24,25)/t16-,18+/m1/s1. The zero-order valence-electron chi connectivity index (χ0n) is 14.2. The van der Waals surface area contributed by atoms with E-state index in [1.54, 1.807) is 4.57 Å². The molecule has 2 aromatic rings. The van der Waals surface area contributed by atoms with Crippen molar-refractivity contribution in [2.24, 2.45) is 5.41 Å². The summed E-state index contributed by atoms with van der Waals surface area (Å²) in [5, 5.41) is 30.7. The first kappa shape index (κ1) is 17.1. The van der Waals surface area contributed by atoms with E-state index in [2.05, 4.69) is 4.98 Å². The minimum absolute atomic E-state index is 0.149. The lowest BCUT2D eigenvalue weighted by molar-refractivity contribution is -0.0220. The summed E-state index contributed by atoms with van der Waals surface area (Å²) < 4.78 is 1.63. The molecule has 1 saturated carbocycles. The number of hydrogen-bond acceptors (Lipinski definition) is 5. The number of fused-ring (bicyclic) bond motifs is 6. The molecule has 0 amide bonds. The zero-order chi connectivity index (χ0) is 19.0. The molecule has 136 valence electrons. The third-order valence-electron chi connectivity index (χ3n) is 5.60. The highest BCUT2D eigenvalue weighted by molar-refractivity contribution is 6.30. The Kier molecular flexibility index (Phi) is 3.33. The summed E-state index contributed by atoms with van der Waals surface area (Å²) in [5.41, 5.74) is -1.70. The molecular weight excluding hydrogens is 360 g/mol. The molecule has 0 spiro atoms. The Morgan fingerprint density at radius 3 is 2.69 bits per heavy atom. The highest BCUT2D eigenvalue weighted by Gasteiger charge is 2.57. The van der Waals surface area contributed by atoms with Crippen LogP contribution in [0.15, 0.2) is 23.1 Å². The third-order valence-corrected chi connectivity index (χ3v) is 5.88. The van der Waals surface area contributed by atoms with Gasteiger partial charge >= 0.3 is 5.97 Å². The molecule has 0 unspecified atom stereocenters. The molecule has 7 nitrogen and oxygen atoms in total. The van der Waals surface area contributed by atoms with Crippen LogP contribution in [0, 0.1) is 5.41 Å². The van der Waals surface area contributed by atoms with Gasteiger partial charge in [-0.3, -0.25) is 4.79 Å². The molecule has 26 heavy (non-hydrogen) atoms. The van der Waals surface area contributed by atoms with Crippen molar-refractivity contribution in [2.75, 3.05) is 0 Å². The van der Waals surface area contributed by atoms with Crippen LogP contribution >= 0.6 is 11.6 Å². The van der Waals surface area contributed by atoms with Gasteiger partial charge in [-0.05, 0) is 24.3 Å². The Hall–Kier alpha value is -2.38. The second-order valence-corrected chi connectivity index (χ2v) is 8.02. The maximum absolute atomic E-state index is 12.3. The van der Waals surface area contributed by atoms with Gasteiger partial charge in [-0.2, -0.15) is 0 Å². The van der Waals surface area contributed by atoms with Gasteiger partial charge in [0.2, 0.25) is 0 Å². The van der Waals surface area contributed by atoms with Gasteiger partial charge < -0.3 is 19.9 Å². The van der Waals surface area contributed by atoms with Gasteiger partial charge in [-0.25, -0.2) is 9.78 Å². The number of halogens is 1. The van der Waals surface area contributed by atoms with E-state index in [1.165, 1.54) is 18.3 Å². The van der Waals surface area contributed by atoms with Gasteiger partial charge in [-0.1, -0.05) is 25.4 Å². The van der Waals surface area contributed by atoms with Crippen LogP contribution in [0.2, 0.25) is 5.15 Å². The maximum atomic E-state index is 12.3. The van der Waals surface area contributed by atoms with Gasteiger partial charge in [0, 0.05) is 17.8 Å². The molecule has 3 heterocycles. The molecule has 0 aromatic carbocycles. The SMILES string of the molecule is CC1(C)CC[C@]2(O)c3cc(O)c(Cl)nc3-c3cc(=O)c(C(=O)O)cn3[C@H]12. The summed E-state index contributed by atoms with van der Waals surface area (Å²) in [7, 11) is 0. The van der Waals surface area contributed by atoms with E-state index < -0.39 is 23.0 Å². The van der Waals surface area contributed by atoms with Gasteiger partial charge in [0.05, 0.1) is 17.4 Å². The molecule has 8 heteroatoms. The highest BCUT2D eigenvalue weighted by atomic mass is 35.5. The van der Waals surface area contributed by atoms with Crippen LogP contribution in [0.1, 0.15) is 48.7 Å². The molecule has 2 atom stereocenters. The molecular formula is C18H17ClN2O5. The number of hydrogen-bond donors (Lipinski definition) is 3. The van der Waals surface area contributed by atoms with Crippen molar-refractivity contribution < 1.29 is 20.1 Å². The molecule has 0 radical (unpaired) electrons. The lowest BCUT2D eigenvalue weighted by atomic mass is 9.76. The van der Waals surface area contributed by atoms with E-state index in [0.717, 1.165) is 0 Å². The van der Waals surface area contributed by atoms with Crippen molar-refractivity contribution >= 4 is 17.6 Å². The molecule has 1 aliphatic carbocycles. The Labute approximate surface area is 153 Å². The van der Waals surface area contributed by atoms with Crippen molar-refractivity contribution in [1.29, 1.82) is 0 Å². The first-order valence-corrected chi connectivity index (χ1v) is 8.56. The lowest BCUT2D eigenvalue weighted by Gasteiger charge is -2.44. The number of nitrogens with zero attached hydrogens (tertiary/aromatic N) is 2. The van der Waals surface area contributed by atoms with Crippen LogP contribution in [0.4, 0.5) is 0 Å². The van der Waals surface area contributed by atoms with Crippen molar-refractivity contribution in [3.8, 4) is 17.1 Å². The monoisotopic (exact) mass is 376 g/mol. The first-order valence-electron chi connectivity index (χ1n) is 8.18. The van der Waals surface area contributed by atoms with Crippen LogP contribution < -0.4 is 5.43 Å². The fourth-order valence-corrected chi connectivity index (χ4v) is 4.58. The molecule has 2 aromatic heterocycles. The Morgan fingerprint density at radius 1 is 1.35 bits per heavy atom. The van der Waals surface area contributed by atoms with E-state index >= 15 is 0 Å². The van der Waals surface area contributed by atoms with Crippen molar-refractivity contribution in [3.05, 3.63) is 44.8 Å². The van der Waals surface area contributed by atoms with E-state index in [4.69, 9.17) is 11.6 Å². The molecule has 0 bridgehead atoms. The summed E-state index contributed by atoms with van der Waals surface area (Å²) in [6, 6.07) is 2.08. The molecule has 0 saturated heterocycles. The van der Waals surface area contributed by atoms with Crippen LogP contribution in [0.3, 0.4) is 0 Å². The number of aromatic carboxylic acids is 1. The topological polar surface area (TPSA) is 113 Å². The van der Waals surface area contributed by atoms with Crippen LogP contribution in [-0.4, -0.2) is 30.8 Å². The van der Waals surface area contributed by atoms with Crippen LogP contribution in [0.25, 0.3) is 11.4 Å². The zero-order valence-corrected chi connectivity index (χ0v) is 14.9. The number of carboxylic acid groups (broad SMARTS) is 1. The Morgan fingerprint density at radius 2 is 2.04 bits per heavy atom. The quantitative estimate of drug-likeness (QED) is 0.659. The van der Waals surface area contributed by atoms with Gasteiger partial charge in [0.25, 0.3) is 0 Å². The maximum Gasteiger partial charge on any atom is 0.341 e. The van der Waals surface area contributed by atoms with E-state index in [1.807, 2.05) is 13.8 Å². The Balaban J connectivity index is 2.14. The second-order valence-electron chi connectivity index (χ2n) is 7.66. The average Bonchev–Trinajstić information content (AvgIpc) is 2.80. The lowest BCUT2D eigenvalue weighted by Crippen LogP contribution is -2.42. The van der Waals surface area contributed by atoms with E-state index in [-0.39, 0.29) is 27.6 Å². The molecule has 4 rings (SSSR count). The second kappa shape index (κ2) is 5.08. The summed E-state index contributed by atoms with van der Waals surface area (Å²) in [6.45, 7) is 3.96. The van der Waals surface area contributed by atoms with Crippen molar-refractivity contribution in [1.82, 2.24) is 9.55 Å². The predicted octanol–water partition coefficient (Wildman–Crippen LogP) is 2.53. The fourth-order valence-electron chi connectivity index (χ4n) is 4.44. The molecule has 1 aliphatic heterocycles. The summed E-state index contributed by atoms with van der Waals surface area (Å²) >= 11 is 5.95. The third kappa shape index (κ3) is 2.07. The minimum Gasteiger partial charge on any atom is -0.505 e. The number of pyridine rings is 2. The number of carboxylic acids is 1. The normalized spacial score (nSPS) is 25.3. The summed E-state index contributed by atoms with van der Waals surface area (Å²) in [5.74, 6) is -1.58. The summed E-state index contributed by atoms with van der Waals surface area (Å²) in [6.07, 6.45) is 2.35. The smallest absolute Gasteiger partial charge is 0.341 e. The molecule has 3 N–H and O–H groups in total. The van der Waals surface area contributed by atoms with Gasteiger partial charge in [0.15, 0.2) is 16.3 Å². The largest absolute Gasteiger partial charge is 0.505 e.